The average Bonchev–Trinajstić information content (AvgIpc) is 2.56. The molecule has 8 heteroatoms. The first kappa shape index (κ1) is 17.8. The molecule has 1 saturated heterocycles. The fraction of sp³-hybridized carbons (Fsp3) is 0.533. The minimum absolute atomic E-state index is 0.246. The molecule has 23 heavy (non-hydrogen) atoms. The Labute approximate surface area is 133 Å². The SMILES string of the molecule is O=C(COCc1ccccc1)NC1C(O)OC(CO)[C@@H](O)C1O. The average molecular weight is 327 g/mol. The van der Waals surface area contributed by atoms with E-state index in [-0.39, 0.29) is 13.2 Å². The first-order chi connectivity index (χ1) is 11.0. The lowest BCUT2D eigenvalue weighted by molar-refractivity contribution is -0.254. The molecular weight excluding hydrogens is 306 g/mol. The molecule has 1 aliphatic heterocycles. The second-order valence-electron chi connectivity index (χ2n) is 5.30. The predicted octanol–water partition coefficient (Wildman–Crippen LogP) is -1.88. The van der Waals surface area contributed by atoms with E-state index in [9.17, 15) is 20.1 Å². The van der Waals surface area contributed by atoms with Crippen LogP contribution in [-0.2, 0) is 20.9 Å². The fourth-order valence-corrected chi connectivity index (χ4v) is 2.32. The van der Waals surface area contributed by atoms with Crippen LogP contribution < -0.4 is 5.32 Å². The van der Waals surface area contributed by atoms with Crippen molar-refractivity contribution in [2.75, 3.05) is 13.2 Å². The van der Waals surface area contributed by atoms with Crippen LogP contribution in [0, 0.1) is 0 Å². The van der Waals surface area contributed by atoms with Crippen molar-refractivity contribution in [1.82, 2.24) is 5.32 Å². The number of aliphatic hydroxyl groups excluding tert-OH is 4. The van der Waals surface area contributed by atoms with Gasteiger partial charge in [-0.15, -0.1) is 0 Å². The normalized spacial score (nSPS) is 30.9. The lowest BCUT2D eigenvalue weighted by atomic mass is 9.97. The molecule has 1 fully saturated rings. The van der Waals surface area contributed by atoms with Gasteiger partial charge in [-0.3, -0.25) is 4.79 Å². The molecule has 1 amide bonds. The maximum atomic E-state index is 11.8. The second-order valence-corrected chi connectivity index (χ2v) is 5.30. The van der Waals surface area contributed by atoms with Gasteiger partial charge in [0.1, 0.15) is 31.0 Å². The molecule has 1 aromatic rings. The molecule has 0 aliphatic carbocycles. The quantitative estimate of drug-likeness (QED) is 0.413. The molecule has 1 heterocycles. The third-order valence-electron chi connectivity index (χ3n) is 3.57. The van der Waals surface area contributed by atoms with Crippen molar-refractivity contribution in [1.29, 1.82) is 0 Å². The molecule has 0 radical (unpaired) electrons. The van der Waals surface area contributed by atoms with Crippen LogP contribution in [0.3, 0.4) is 0 Å². The number of benzene rings is 1. The van der Waals surface area contributed by atoms with Gasteiger partial charge in [0.15, 0.2) is 6.29 Å². The Hall–Kier alpha value is -1.55. The maximum Gasteiger partial charge on any atom is 0.246 e. The van der Waals surface area contributed by atoms with Crippen molar-refractivity contribution in [3.05, 3.63) is 35.9 Å². The monoisotopic (exact) mass is 327 g/mol. The van der Waals surface area contributed by atoms with Gasteiger partial charge in [0, 0.05) is 0 Å². The first-order valence-electron chi connectivity index (χ1n) is 7.24. The number of ether oxygens (including phenoxy) is 2. The highest BCUT2D eigenvalue weighted by Gasteiger charge is 2.44. The molecule has 5 N–H and O–H groups in total. The zero-order chi connectivity index (χ0) is 16.8. The topological polar surface area (TPSA) is 128 Å². The maximum absolute atomic E-state index is 11.8. The summed E-state index contributed by atoms with van der Waals surface area (Å²) in [6, 6.07) is 8.07. The fourth-order valence-electron chi connectivity index (χ4n) is 2.32. The number of hydrogen-bond acceptors (Lipinski definition) is 7. The molecule has 0 aromatic heterocycles. The number of amides is 1. The van der Waals surface area contributed by atoms with E-state index in [0.29, 0.717) is 0 Å². The Bertz CT molecular complexity index is 498. The van der Waals surface area contributed by atoms with Gasteiger partial charge in [0.2, 0.25) is 5.91 Å². The van der Waals surface area contributed by atoms with E-state index in [0.717, 1.165) is 5.56 Å². The zero-order valence-electron chi connectivity index (χ0n) is 12.4. The van der Waals surface area contributed by atoms with Gasteiger partial charge in [-0.05, 0) is 5.56 Å². The second kappa shape index (κ2) is 8.34. The predicted molar refractivity (Wildman–Crippen MR) is 78.0 cm³/mol. The summed E-state index contributed by atoms with van der Waals surface area (Å²) in [5.41, 5.74) is 0.905. The third kappa shape index (κ3) is 4.71. The summed E-state index contributed by atoms with van der Waals surface area (Å²) < 4.78 is 10.2. The minimum Gasteiger partial charge on any atom is -0.394 e. The number of carbonyl (C=O) groups is 1. The molecule has 1 aromatic carbocycles. The lowest BCUT2D eigenvalue weighted by Crippen LogP contribution is -2.64. The van der Waals surface area contributed by atoms with Crippen molar-refractivity contribution in [2.24, 2.45) is 0 Å². The van der Waals surface area contributed by atoms with Crippen LogP contribution >= 0.6 is 0 Å². The van der Waals surface area contributed by atoms with Crippen molar-refractivity contribution in [3.8, 4) is 0 Å². The number of carbonyl (C=O) groups excluding carboxylic acids is 1. The van der Waals surface area contributed by atoms with Gasteiger partial charge in [0.05, 0.1) is 13.2 Å². The van der Waals surface area contributed by atoms with Crippen LogP contribution in [0.4, 0.5) is 0 Å². The Balaban J connectivity index is 1.80. The van der Waals surface area contributed by atoms with Crippen molar-refractivity contribution < 1.29 is 34.7 Å². The molecule has 0 bridgehead atoms. The van der Waals surface area contributed by atoms with E-state index >= 15 is 0 Å². The highest BCUT2D eigenvalue weighted by Crippen LogP contribution is 2.19. The summed E-state index contributed by atoms with van der Waals surface area (Å²) in [5.74, 6) is -0.567. The van der Waals surface area contributed by atoms with E-state index < -0.39 is 43.2 Å². The Morgan fingerprint density at radius 3 is 2.52 bits per heavy atom. The number of hydrogen-bond donors (Lipinski definition) is 5. The molecule has 5 atom stereocenters. The van der Waals surface area contributed by atoms with Gasteiger partial charge in [-0.2, -0.15) is 0 Å². The highest BCUT2D eigenvalue weighted by atomic mass is 16.6. The number of rotatable bonds is 6. The van der Waals surface area contributed by atoms with Crippen LogP contribution in [-0.4, -0.2) is 70.2 Å². The van der Waals surface area contributed by atoms with Crippen molar-refractivity contribution >= 4 is 5.91 Å². The van der Waals surface area contributed by atoms with E-state index in [2.05, 4.69) is 5.32 Å². The third-order valence-corrected chi connectivity index (χ3v) is 3.57. The lowest BCUT2D eigenvalue weighted by Gasteiger charge is -2.40. The highest BCUT2D eigenvalue weighted by molar-refractivity contribution is 5.77. The summed E-state index contributed by atoms with van der Waals surface area (Å²) in [6.45, 7) is -0.587. The van der Waals surface area contributed by atoms with E-state index in [1.165, 1.54) is 0 Å². The smallest absolute Gasteiger partial charge is 0.246 e. The van der Waals surface area contributed by atoms with Gasteiger partial charge < -0.3 is 35.2 Å². The summed E-state index contributed by atoms with van der Waals surface area (Å²) in [7, 11) is 0. The van der Waals surface area contributed by atoms with Crippen molar-refractivity contribution in [3.63, 3.8) is 0 Å². The zero-order valence-corrected chi connectivity index (χ0v) is 12.4. The molecular formula is C15H21NO7. The molecule has 128 valence electrons. The summed E-state index contributed by atoms with van der Waals surface area (Å²) in [5, 5.41) is 40.7. The van der Waals surface area contributed by atoms with Crippen molar-refractivity contribution in [2.45, 2.75) is 37.3 Å². The number of nitrogens with one attached hydrogen (secondary N) is 1. The first-order valence-corrected chi connectivity index (χ1v) is 7.24. The molecule has 0 saturated carbocycles. The Kier molecular flexibility index (Phi) is 6.46. The Morgan fingerprint density at radius 2 is 1.87 bits per heavy atom. The van der Waals surface area contributed by atoms with Gasteiger partial charge in [-0.1, -0.05) is 30.3 Å². The van der Waals surface area contributed by atoms with Crippen LogP contribution in [0.5, 0.6) is 0 Å². The molecule has 2 rings (SSSR count). The molecule has 1 aliphatic rings. The van der Waals surface area contributed by atoms with E-state index in [4.69, 9.17) is 14.6 Å². The summed E-state index contributed by atoms with van der Waals surface area (Å²) in [6.07, 6.45) is -5.53. The van der Waals surface area contributed by atoms with E-state index in [1.807, 2.05) is 30.3 Å². The summed E-state index contributed by atoms with van der Waals surface area (Å²) in [4.78, 5) is 11.8. The largest absolute Gasteiger partial charge is 0.394 e. The summed E-state index contributed by atoms with van der Waals surface area (Å²) >= 11 is 0. The van der Waals surface area contributed by atoms with Crippen LogP contribution in [0.1, 0.15) is 5.56 Å². The number of aliphatic hydroxyl groups is 4. The Morgan fingerprint density at radius 1 is 1.17 bits per heavy atom. The molecule has 0 spiro atoms. The minimum atomic E-state index is -1.54. The van der Waals surface area contributed by atoms with E-state index in [1.54, 1.807) is 0 Å². The van der Waals surface area contributed by atoms with Gasteiger partial charge in [-0.25, -0.2) is 0 Å². The van der Waals surface area contributed by atoms with Gasteiger partial charge >= 0.3 is 0 Å². The van der Waals surface area contributed by atoms with Gasteiger partial charge in [0.25, 0.3) is 0 Å². The van der Waals surface area contributed by atoms with Crippen LogP contribution in [0.25, 0.3) is 0 Å². The standard InChI is InChI=1S/C15H21NO7/c17-6-10-13(19)14(20)12(15(21)23-10)16-11(18)8-22-7-9-4-2-1-3-5-9/h1-5,10,12-15,17,19-21H,6-8H2,(H,16,18)/t10?,12?,13-,14?,15?/m1/s1. The van der Waals surface area contributed by atoms with Crippen LogP contribution in [0.15, 0.2) is 30.3 Å². The van der Waals surface area contributed by atoms with Crippen LogP contribution in [0.2, 0.25) is 0 Å². The molecule has 4 unspecified atom stereocenters. The molecule has 8 nitrogen and oxygen atoms in total.